The van der Waals surface area contributed by atoms with Gasteiger partial charge in [-0.1, -0.05) is 0 Å². The van der Waals surface area contributed by atoms with Crippen molar-refractivity contribution in [3.63, 3.8) is 0 Å². The first-order chi connectivity index (χ1) is 2.00. The Morgan fingerprint density at radius 2 is 1.14 bits per heavy atom. The van der Waals surface area contributed by atoms with Crippen LogP contribution < -0.4 is 0 Å². The van der Waals surface area contributed by atoms with E-state index in [1.165, 1.54) is 0 Å². The third-order valence-corrected chi connectivity index (χ3v) is 0. The second kappa shape index (κ2) is 6.25. The van der Waals surface area contributed by atoms with Crippen LogP contribution in [-0.2, 0) is 4.57 Å². The fraction of sp³-hybridized carbons (Fsp3) is 0. The summed E-state index contributed by atoms with van der Waals surface area (Å²) in [7, 11) is -4.64. The second-order valence-electron chi connectivity index (χ2n) is 0.513. The zero-order valence-corrected chi connectivity index (χ0v) is 3.09. The van der Waals surface area contributed by atoms with Crippen molar-refractivity contribution in [3.8, 4) is 0 Å². The molecule has 0 unspecified atom stereocenters. The summed E-state index contributed by atoms with van der Waals surface area (Å²) < 4.78 is 8.88. The molecular weight excluding hydrogens is 210 g/mol. The summed E-state index contributed by atoms with van der Waals surface area (Å²) >= 11 is 0. The van der Waals surface area contributed by atoms with E-state index in [1.807, 2.05) is 0 Å². The van der Waals surface area contributed by atoms with Gasteiger partial charge < -0.3 is 14.7 Å². The van der Waals surface area contributed by atoms with Crippen molar-refractivity contribution in [3.05, 3.63) is 0 Å². The third kappa shape index (κ3) is 67.6. The van der Waals surface area contributed by atoms with Gasteiger partial charge in [0.15, 0.2) is 17.4 Å². The Balaban J connectivity index is -0.0000000800. The minimum atomic E-state index is -4.64. The summed E-state index contributed by atoms with van der Waals surface area (Å²) in [6, 6.07) is 0. The first-order valence-electron chi connectivity index (χ1n) is 0.783. The van der Waals surface area contributed by atoms with Crippen LogP contribution in [0.1, 0.15) is 0 Å². The Morgan fingerprint density at radius 1 is 1.14 bits per heavy atom. The Kier molecular flexibility index (Phi) is 14.3. The van der Waals surface area contributed by atoms with Crippen LogP contribution in [0.15, 0.2) is 0 Å². The Bertz CT molecular complexity index is 57.8. The second-order valence-corrected chi connectivity index (χ2v) is 1.54. The maximum atomic E-state index is 8.88. The van der Waals surface area contributed by atoms with Crippen LogP contribution in [-0.4, -0.2) is 77.5 Å². The van der Waals surface area contributed by atoms with E-state index in [4.69, 9.17) is 19.2 Å². The molecule has 0 aromatic heterocycles. The van der Waals surface area contributed by atoms with Crippen molar-refractivity contribution in [1.82, 2.24) is 0 Å². The number of phosphoric acid groups is 1. The molecule has 7 heavy (non-hydrogen) atoms. The zero-order valence-electron chi connectivity index (χ0n) is 2.20. The van der Waals surface area contributed by atoms with Crippen LogP contribution in [0.4, 0.5) is 0 Å². The molecule has 7 heteroatoms. The number of hydrogen-bond donors (Lipinski definition) is 3. The molecule has 0 saturated carbocycles. The van der Waals surface area contributed by atoms with Gasteiger partial charge in [-0.25, -0.2) is 4.57 Å². The van der Waals surface area contributed by atoms with E-state index in [0.29, 0.717) is 0 Å². The predicted molar refractivity (Wildman–Crippen MR) is 32.7 cm³/mol. The summed E-state index contributed by atoms with van der Waals surface area (Å²) in [5.74, 6) is 0. The van der Waals surface area contributed by atoms with Gasteiger partial charge in [0.25, 0.3) is 0 Å². The molecule has 3 N–H and O–H groups in total. The molecule has 0 amide bonds. The molecule has 0 spiro atoms. The van der Waals surface area contributed by atoms with Gasteiger partial charge in [-0.05, 0) is 0 Å². The van der Waals surface area contributed by atoms with Gasteiger partial charge in [0.1, 0.15) is 0 Å². The van der Waals surface area contributed by atoms with Crippen LogP contribution in [0.2, 0.25) is 0 Å². The fourth-order valence-electron chi connectivity index (χ4n) is 0. The Hall–Kier alpha value is 2.12. The van der Waals surface area contributed by atoms with Crippen LogP contribution >= 0.6 is 7.82 Å². The molecule has 0 aliphatic rings. The maximum absolute atomic E-state index is 8.88. The van der Waals surface area contributed by atoms with Crippen molar-refractivity contribution >= 4 is 70.7 Å². The van der Waals surface area contributed by atoms with E-state index in [-0.39, 0.29) is 62.8 Å². The van der Waals surface area contributed by atoms with Gasteiger partial charge in [0, 0.05) is 0 Å². The molecule has 4 nitrogen and oxygen atoms in total. The Morgan fingerprint density at radius 3 is 1.14 bits per heavy atom. The SMILES string of the molecule is O=P(O)(O)O.[AlH3].[SrH2]. The molecule has 0 rings (SSSR count). The van der Waals surface area contributed by atoms with E-state index in [1.54, 1.807) is 0 Å². The van der Waals surface area contributed by atoms with Crippen LogP contribution in [0, 0.1) is 0 Å². The summed E-state index contributed by atoms with van der Waals surface area (Å²) in [5.41, 5.74) is 0. The van der Waals surface area contributed by atoms with E-state index in [9.17, 15) is 0 Å². The van der Waals surface area contributed by atoms with Gasteiger partial charge in [-0.2, -0.15) is 0 Å². The van der Waals surface area contributed by atoms with Crippen molar-refractivity contribution < 1.29 is 19.2 Å². The van der Waals surface area contributed by atoms with Crippen LogP contribution in [0.3, 0.4) is 0 Å². The number of rotatable bonds is 0. The summed E-state index contributed by atoms with van der Waals surface area (Å²) in [5, 5.41) is 0. The standard InChI is InChI=1S/Al.H3O4P.Sr.5H/c;1-5(2,3)4;;;;;;/h;(H3,1,2,3,4);;;;;;. The predicted octanol–water partition coefficient (Wildman–Crippen LogP) is -3.03. The quantitative estimate of drug-likeness (QED) is 0.298. The van der Waals surface area contributed by atoms with Gasteiger partial charge in [0.05, 0.1) is 0 Å². The van der Waals surface area contributed by atoms with E-state index < -0.39 is 7.82 Å². The molecule has 0 fully saturated rings. The summed E-state index contributed by atoms with van der Waals surface area (Å²) in [6.45, 7) is 0. The average Bonchev–Trinajstić information content (AvgIpc) is 0.722. The van der Waals surface area contributed by atoms with Gasteiger partial charge in [0.2, 0.25) is 0 Å². The summed E-state index contributed by atoms with van der Waals surface area (Å²) in [4.78, 5) is 21.6. The summed E-state index contributed by atoms with van der Waals surface area (Å²) in [6.07, 6.45) is 0. The fourth-order valence-corrected chi connectivity index (χ4v) is 0. The molecule has 0 aliphatic heterocycles. The molecule has 0 atom stereocenters. The van der Waals surface area contributed by atoms with Crippen molar-refractivity contribution in [2.45, 2.75) is 0 Å². The van der Waals surface area contributed by atoms with Gasteiger partial charge in [-0.3, -0.25) is 0 Å². The van der Waals surface area contributed by atoms with Crippen LogP contribution in [0.5, 0.6) is 0 Å². The molecule has 0 aromatic rings. The van der Waals surface area contributed by atoms with Gasteiger partial charge >= 0.3 is 53.3 Å². The molecule has 0 saturated heterocycles. The van der Waals surface area contributed by atoms with Crippen molar-refractivity contribution in [1.29, 1.82) is 0 Å². The molecule has 0 aliphatic carbocycles. The van der Waals surface area contributed by atoms with Gasteiger partial charge in [-0.15, -0.1) is 0 Å². The third-order valence-electron chi connectivity index (χ3n) is 0. The number of hydrogen-bond acceptors (Lipinski definition) is 1. The zero-order chi connectivity index (χ0) is 4.50. The minimum absolute atomic E-state index is 0. The first kappa shape index (κ1) is 16.1. The normalized spacial score (nSPS) is 8.43. The molecule has 0 radical (unpaired) electrons. The van der Waals surface area contributed by atoms with Crippen molar-refractivity contribution in [2.24, 2.45) is 0 Å². The average molecular weight is 218 g/mol. The van der Waals surface area contributed by atoms with E-state index in [2.05, 4.69) is 0 Å². The molecular formula is H8AlO4PSr. The first-order valence-corrected chi connectivity index (χ1v) is 2.35. The Labute approximate surface area is 88.6 Å². The topological polar surface area (TPSA) is 77.8 Å². The monoisotopic (exact) mass is 218 g/mol. The van der Waals surface area contributed by atoms with E-state index >= 15 is 0 Å². The molecule has 0 aromatic carbocycles. The van der Waals surface area contributed by atoms with Crippen LogP contribution in [0.25, 0.3) is 0 Å². The van der Waals surface area contributed by atoms with Crippen molar-refractivity contribution in [2.75, 3.05) is 0 Å². The molecule has 0 heterocycles. The van der Waals surface area contributed by atoms with E-state index in [0.717, 1.165) is 0 Å². The molecule has 0 bridgehead atoms. The molecule has 42 valence electrons.